The topological polar surface area (TPSA) is 46.5 Å². The number of hydrogen-bond donors (Lipinski definition) is 1. The summed E-state index contributed by atoms with van der Waals surface area (Å²) >= 11 is 0. The van der Waals surface area contributed by atoms with Crippen molar-refractivity contribution < 1.29 is 14.6 Å². The molecule has 0 aliphatic carbocycles. The quantitative estimate of drug-likeness (QED) is 0.765. The number of hydrogen-bond acceptors (Lipinski definition) is 2. The maximum absolute atomic E-state index is 10.7. The third-order valence-corrected chi connectivity index (χ3v) is 1.73. The fraction of sp³-hybridized carbons (Fsp3) is 0.200. The molecule has 0 fully saturated rings. The van der Waals surface area contributed by atoms with Crippen LogP contribution in [0.15, 0.2) is 18.2 Å². The van der Waals surface area contributed by atoms with E-state index in [2.05, 4.69) is 0 Å². The molecule has 0 aliphatic heterocycles. The van der Waals surface area contributed by atoms with Gasteiger partial charge in [0.1, 0.15) is 11.3 Å². The van der Waals surface area contributed by atoms with Crippen molar-refractivity contribution in [2.75, 3.05) is 7.11 Å². The molecule has 3 nitrogen and oxygen atoms in total. The summed E-state index contributed by atoms with van der Waals surface area (Å²) in [5.74, 6) is -0.656. The van der Waals surface area contributed by atoms with E-state index in [0.717, 1.165) is 5.56 Å². The molecule has 0 saturated carbocycles. The number of carbonyl (C=O) groups is 1. The Morgan fingerprint density at radius 2 is 2.31 bits per heavy atom. The number of rotatable bonds is 3. The van der Waals surface area contributed by atoms with Crippen LogP contribution < -0.4 is 4.74 Å². The Bertz CT molecular complexity index is 318. The van der Waals surface area contributed by atoms with Crippen molar-refractivity contribution in [1.82, 2.24) is 0 Å². The van der Waals surface area contributed by atoms with Gasteiger partial charge in [-0.25, -0.2) is 4.79 Å². The van der Waals surface area contributed by atoms with Gasteiger partial charge >= 0.3 is 5.97 Å². The van der Waals surface area contributed by atoms with E-state index < -0.39 is 5.97 Å². The predicted molar refractivity (Wildman–Crippen MR) is 48.0 cm³/mol. The lowest BCUT2D eigenvalue weighted by Crippen LogP contribution is -2.01. The predicted octanol–water partition coefficient (Wildman–Crippen LogP) is 1.65. The van der Waals surface area contributed by atoms with Gasteiger partial charge in [0.25, 0.3) is 0 Å². The van der Waals surface area contributed by atoms with Crippen LogP contribution in [0.1, 0.15) is 15.9 Å². The summed E-state index contributed by atoms with van der Waals surface area (Å²) in [4.78, 5) is 10.7. The molecule has 3 heteroatoms. The van der Waals surface area contributed by atoms with Crippen LogP contribution in [0.2, 0.25) is 0 Å². The molecule has 0 saturated heterocycles. The van der Waals surface area contributed by atoms with Crippen LogP contribution in [0.5, 0.6) is 5.75 Å². The second-order valence-electron chi connectivity index (χ2n) is 2.54. The normalized spacial score (nSPS) is 9.69. The third-order valence-electron chi connectivity index (χ3n) is 1.73. The van der Waals surface area contributed by atoms with E-state index in [1.165, 1.54) is 13.2 Å². The Hall–Kier alpha value is -1.51. The molecule has 13 heavy (non-hydrogen) atoms. The van der Waals surface area contributed by atoms with E-state index in [4.69, 9.17) is 16.8 Å². The first-order valence-corrected chi connectivity index (χ1v) is 3.79. The highest BCUT2D eigenvalue weighted by Crippen LogP contribution is 2.19. The highest BCUT2D eigenvalue weighted by molar-refractivity contribution is 5.91. The first-order chi connectivity index (χ1) is 6.19. The SMILES string of the molecule is [CH]Cc1ccc(OC)c(C(=O)O)c1. The lowest BCUT2D eigenvalue weighted by Gasteiger charge is -2.05. The molecule has 1 aromatic carbocycles. The Kier molecular flexibility index (Phi) is 2.90. The van der Waals surface area contributed by atoms with Crippen molar-refractivity contribution in [2.45, 2.75) is 6.42 Å². The van der Waals surface area contributed by atoms with Crippen LogP contribution in [-0.2, 0) is 6.42 Å². The van der Waals surface area contributed by atoms with E-state index in [9.17, 15) is 4.79 Å². The van der Waals surface area contributed by atoms with Crippen LogP contribution in [0.4, 0.5) is 0 Å². The molecule has 0 heterocycles. The van der Waals surface area contributed by atoms with Gasteiger partial charge in [-0.2, -0.15) is 0 Å². The van der Waals surface area contributed by atoms with Gasteiger partial charge in [0, 0.05) is 0 Å². The zero-order valence-electron chi connectivity index (χ0n) is 7.28. The number of carboxylic acid groups (broad SMARTS) is 1. The average molecular weight is 178 g/mol. The summed E-state index contributed by atoms with van der Waals surface area (Å²) in [5.41, 5.74) is 0.920. The lowest BCUT2D eigenvalue weighted by molar-refractivity contribution is 0.0693. The summed E-state index contributed by atoms with van der Waals surface area (Å²) < 4.78 is 4.88. The molecule has 0 atom stereocenters. The van der Waals surface area contributed by atoms with Gasteiger partial charge in [0.15, 0.2) is 0 Å². The molecule has 68 valence electrons. The molecule has 1 aromatic rings. The molecule has 0 aliphatic rings. The Morgan fingerprint density at radius 1 is 1.62 bits per heavy atom. The Morgan fingerprint density at radius 3 is 2.77 bits per heavy atom. The smallest absolute Gasteiger partial charge is 0.339 e. The maximum atomic E-state index is 10.7. The Balaban J connectivity index is 3.18. The molecule has 1 N–H and O–H groups in total. The van der Waals surface area contributed by atoms with Gasteiger partial charge in [-0.1, -0.05) is 6.07 Å². The first-order valence-electron chi connectivity index (χ1n) is 3.79. The Labute approximate surface area is 77.0 Å². The van der Waals surface area contributed by atoms with Crippen LogP contribution in [0, 0.1) is 6.92 Å². The largest absolute Gasteiger partial charge is 0.496 e. The van der Waals surface area contributed by atoms with Gasteiger partial charge in [-0.15, -0.1) is 0 Å². The second-order valence-corrected chi connectivity index (χ2v) is 2.54. The summed E-state index contributed by atoms with van der Waals surface area (Å²) in [6.45, 7) is 5.38. The van der Waals surface area contributed by atoms with Crippen molar-refractivity contribution in [3.8, 4) is 5.75 Å². The minimum absolute atomic E-state index is 0.144. The zero-order valence-corrected chi connectivity index (χ0v) is 7.28. The molecule has 0 unspecified atom stereocenters. The van der Waals surface area contributed by atoms with Gasteiger partial charge in [0.05, 0.1) is 7.11 Å². The minimum Gasteiger partial charge on any atom is -0.496 e. The van der Waals surface area contributed by atoms with Crippen molar-refractivity contribution in [2.24, 2.45) is 0 Å². The lowest BCUT2D eigenvalue weighted by atomic mass is 10.1. The first kappa shape index (κ1) is 9.58. The molecule has 0 aromatic heterocycles. The standard InChI is InChI=1S/C10H10O3/c1-3-7-4-5-9(13-2)8(6-7)10(11)12/h1,4-6H,3H2,2H3,(H,11,12). The third kappa shape index (κ3) is 1.99. The molecule has 2 radical (unpaired) electrons. The summed E-state index contributed by atoms with van der Waals surface area (Å²) in [7, 11) is 1.43. The number of aromatic carboxylic acids is 1. The van der Waals surface area contributed by atoms with Gasteiger partial charge in [-0.05, 0) is 31.0 Å². The fourth-order valence-electron chi connectivity index (χ4n) is 1.05. The van der Waals surface area contributed by atoms with Crippen molar-refractivity contribution in [3.63, 3.8) is 0 Å². The van der Waals surface area contributed by atoms with Gasteiger partial charge in [0.2, 0.25) is 0 Å². The van der Waals surface area contributed by atoms with Crippen LogP contribution in [0.25, 0.3) is 0 Å². The molecule has 0 spiro atoms. The summed E-state index contributed by atoms with van der Waals surface area (Å²) in [5, 5.41) is 8.80. The number of ether oxygens (including phenoxy) is 1. The zero-order chi connectivity index (χ0) is 9.84. The van der Waals surface area contributed by atoms with Crippen LogP contribution in [0.3, 0.4) is 0 Å². The van der Waals surface area contributed by atoms with E-state index in [0.29, 0.717) is 12.2 Å². The molecular formula is C10H10O3. The van der Waals surface area contributed by atoms with E-state index >= 15 is 0 Å². The minimum atomic E-state index is -1.01. The monoisotopic (exact) mass is 178 g/mol. The number of benzene rings is 1. The van der Waals surface area contributed by atoms with E-state index in [1.807, 2.05) is 0 Å². The van der Waals surface area contributed by atoms with E-state index in [1.54, 1.807) is 12.1 Å². The van der Waals surface area contributed by atoms with Gasteiger partial charge < -0.3 is 9.84 Å². The average Bonchev–Trinajstić information content (AvgIpc) is 2.16. The molecule has 1 rings (SSSR count). The second kappa shape index (κ2) is 3.94. The highest BCUT2D eigenvalue weighted by Gasteiger charge is 2.10. The van der Waals surface area contributed by atoms with Crippen molar-refractivity contribution in [1.29, 1.82) is 0 Å². The van der Waals surface area contributed by atoms with Gasteiger partial charge in [-0.3, -0.25) is 0 Å². The van der Waals surface area contributed by atoms with Crippen LogP contribution in [-0.4, -0.2) is 18.2 Å². The molecule has 0 amide bonds. The number of carboxylic acids is 1. The fourth-order valence-corrected chi connectivity index (χ4v) is 1.05. The number of methoxy groups -OCH3 is 1. The molecular weight excluding hydrogens is 168 g/mol. The van der Waals surface area contributed by atoms with E-state index in [-0.39, 0.29) is 5.56 Å². The maximum Gasteiger partial charge on any atom is 0.339 e. The highest BCUT2D eigenvalue weighted by atomic mass is 16.5. The van der Waals surface area contributed by atoms with Crippen molar-refractivity contribution >= 4 is 5.97 Å². The summed E-state index contributed by atoms with van der Waals surface area (Å²) in [6.07, 6.45) is 0.324. The molecule has 0 bridgehead atoms. The summed E-state index contributed by atoms with van der Waals surface area (Å²) in [6, 6.07) is 4.86. The van der Waals surface area contributed by atoms with Crippen LogP contribution >= 0.6 is 0 Å². The van der Waals surface area contributed by atoms with Crippen molar-refractivity contribution in [3.05, 3.63) is 36.2 Å².